The number of nitrogens with zero attached hydrogens (tertiary/aromatic N) is 1. The Labute approximate surface area is 114 Å². The quantitative estimate of drug-likeness (QED) is 0.883. The van der Waals surface area contributed by atoms with Crippen molar-refractivity contribution in [3.05, 3.63) is 29.3 Å². The summed E-state index contributed by atoms with van der Waals surface area (Å²) in [5, 5.41) is 2.60. The van der Waals surface area contributed by atoms with Gasteiger partial charge in [-0.25, -0.2) is 8.42 Å². The first kappa shape index (κ1) is 15.5. The maximum atomic E-state index is 11.9. The number of carbonyl (C=O) groups excluding carboxylic acids is 1. The molecule has 0 bridgehead atoms. The van der Waals surface area contributed by atoms with Gasteiger partial charge in [-0.1, -0.05) is 17.7 Å². The summed E-state index contributed by atoms with van der Waals surface area (Å²) in [6.07, 6.45) is 1.10. The van der Waals surface area contributed by atoms with Crippen LogP contribution in [0.3, 0.4) is 0 Å². The second kappa shape index (κ2) is 6.06. The summed E-state index contributed by atoms with van der Waals surface area (Å²) in [5.74, 6) is -0.312. The van der Waals surface area contributed by atoms with Gasteiger partial charge in [0, 0.05) is 6.54 Å². The Morgan fingerprint density at radius 1 is 1.32 bits per heavy atom. The Balaban J connectivity index is 3.14. The van der Waals surface area contributed by atoms with Crippen LogP contribution in [0, 0.1) is 13.8 Å². The van der Waals surface area contributed by atoms with Gasteiger partial charge in [0.05, 0.1) is 11.9 Å². The fourth-order valence-electron chi connectivity index (χ4n) is 1.85. The van der Waals surface area contributed by atoms with Crippen LogP contribution in [0.5, 0.6) is 0 Å². The minimum absolute atomic E-state index is 0.198. The molecule has 106 valence electrons. The highest BCUT2D eigenvalue weighted by Crippen LogP contribution is 2.23. The molecule has 1 amide bonds. The summed E-state index contributed by atoms with van der Waals surface area (Å²) < 4.78 is 24.8. The van der Waals surface area contributed by atoms with Gasteiger partial charge in [0.1, 0.15) is 6.54 Å². The van der Waals surface area contributed by atoms with E-state index in [2.05, 4.69) is 5.32 Å². The highest BCUT2D eigenvalue weighted by molar-refractivity contribution is 7.92. The minimum atomic E-state index is -3.49. The van der Waals surface area contributed by atoms with Crippen molar-refractivity contribution in [3.8, 4) is 0 Å². The molecule has 6 heteroatoms. The van der Waals surface area contributed by atoms with E-state index in [1.54, 1.807) is 13.0 Å². The molecule has 0 aliphatic heterocycles. The summed E-state index contributed by atoms with van der Waals surface area (Å²) in [4.78, 5) is 11.6. The summed E-state index contributed by atoms with van der Waals surface area (Å²) in [7, 11) is -3.49. The molecule has 1 N–H and O–H groups in total. The van der Waals surface area contributed by atoms with Gasteiger partial charge in [-0.15, -0.1) is 0 Å². The zero-order chi connectivity index (χ0) is 14.6. The maximum absolute atomic E-state index is 11.9. The second-order valence-corrected chi connectivity index (χ2v) is 6.42. The van der Waals surface area contributed by atoms with E-state index in [-0.39, 0.29) is 12.5 Å². The fraction of sp³-hybridized carbons (Fsp3) is 0.462. The standard InChI is InChI=1S/C13H20N2O3S/c1-5-14-13(16)9-15(19(4,17)18)12-7-6-10(2)8-11(12)3/h6-8H,5,9H2,1-4H3,(H,14,16). The van der Waals surface area contributed by atoms with E-state index >= 15 is 0 Å². The van der Waals surface area contributed by atoms with Crippen molar-refractivity contribution in [2.45, 2.75) is 20.8 Å². The number of amides is 1. The minimum Gasteiger partial charge on any atom is -0.355 e. The first-order valence-corrected chi connectivity index (χ1v) is 7.92. The molecule has 0 radical (unpaired) electrons. The lowest BCUT2D eigenvalue weighted by molar-refractivity contribution is -0.119. The van der Waals surface area contributed by atoms with Crippen LogP contribution < -0.4 is 9.62 Å². The van der Waals surface area contributed by atoms with Gasteiger partial charge >= 0.3 is 0 Å². The number of rotatable bonds is 5. The monoisotopic (exact) mass is 284 g/mol. The smallest absolute Gasteiger partial charge is 0.240 e. The number of nitrogens with one attached hydrogen (secondary N) is 1. The molecule has 19 heavy (non-hydrogen) atoms. The van der Waals surface area contributed by atoms with Gasteiger partial charge in [-0.2, -0.15) is 0 Å². The van der Waals surface area contributed by atoms with Gasteiger partial charge in [-0.3, -0.25) is 9.10 Å². The van der Waals surface area contributed by atoms with E-state index < -0.39 is 10.0 Å². The van der Waals surface area contributed by atoms with Crippen molar-refractivity contribution >= 4 is 21.6 Å². The second-order valence-electron chi connectivity index (χ2n) is 4.51. The number of likely N-dealkylation sites (N-methyl/N-ethyl adjacent to an activating group) is 1. The molecule has 0 saturated carbocycles. The van der Waals surface area contributed by atoms with Crippen LogP contribution in [-0.2, 0) is 14.8 Å². The van der Waals surface area contributed by atoms with E-state index in [9.17, 15) is 13.2 Å². The van der Waals surface area contributed by atoms with Crippen molar-refractivity contribution in [2.24, 2.45) is 0 Å². The van der Waals surface area contributed by atoms with Crippen LogP contribution in [0.2, 0.25) is 0 Å². The van der Waals surface area contributed by atoms with E-state index in [4.69, 9.17) is 0 Å². The summed E-state index contributed by atoms with van der Waals surface area (Å²) >= 11 is 0. The highest BCUT2D eigenvalue weighted by atomic mass is 32.2. The Kier molecular flexibility index (Phi) is 4.94. The molecule has 0 spiro atoms. The fourth-order valence-corrected chi connectivity index (χ4v) is 2.76. The lowest BCUT2D eigenvalue weighted by atomic mass is 10.1. The lowest BCUT2D eigenvalue weighted by Gasteiger charge is -2.23. The van der Waals surface area contributed by atoms with Crippen molar-refractivity contribution < 1.29 is 13.2 Å². The average molecular weight is 284 g/mol. The molecule has 5 nitrogen and oxygen atoms in total. The third-order valence-electron chi connectivity index (χ3n) is 2.68. The Morgan fingerprint density at radius 3 is 2.42 bits per heavy atom. The summed E-state index contributed by atoms with van der Waals surface area (Å²) in [5.41, 5.74) is 2.42. The Hall–Kier alpha value is -1.56. The maximum Gasteiger partial charge on any atom is 0.240 e. The van der Waals surface area contributed by atoms with Gasteiger partial charge in [-0.05, 0) is 32.4 Å². The zero-order valence-corrected chi connectivity index (χ0v) is 12.5. The molecule has 0 aromatic heterocycles. The molecule has 0 aliphatic carbocycles. The Morgan fingerprint density at radius 2 is 1.95 bits per heavy atom. The molecule has 1 aromatic rings. The Bertz CT molecular complexity index is 567. The lowest BCUT2D eigenvalue weighted by Crippen LogP contribution is -2.40. The third-order valence-corrected chi connectivity index (χ3v) is 3.81. The number of hydrogen-bond acceptors (Lipinski definition) is 3. The van der Waals surface area contributed by atoms with E-state index in [0.717, 1.165) is 21.7 Å². The molecular weight excluding hydrogens is 264 g/mol. The highest BCUT2D eigenvalue weighted by Gasteiger charge is 2.21. The van der Waals surface area contributed by atoms with Gasteiger partial charge in [0.15, 0.2) is 0 Å². The molecule has 0 heterocycles. The molecule has 1 rings (SSSR count). The molecule has 0 unspecified atom stereocenters. The third kappa shape index (κ3) is 4.24. The van der Waals surface area contributed by atoms with Crippen LogP contribution >= 0.6 is 0 Å². The zero-order valence-electron chi connectivity index (χ0n) is 11.7. The van der Waals surface area contributed by atoms with Crippen molar-refractivity contribution in [2.75, 3.05) is 23.7 Å². The number of anilines is 1. The molecule has 0 saturated heterocycles. The van der Waals surface area contributed by atoms with E-state index in [1.165, 1.54) is 0 Å². The van der Waals surface area contributed by atoms with E-state index in [1.807, 2.05) is 26.0 Å². The largest absolute Gasteiger partial charge is 0.355 e. The van der Waals surface area contributed by atoms with E-state index in [0.29, 0.717) is 12.2 Å². The predicted molar refractivity (Wildman–Crippen MR) is 76.8 cm³/mol. The van der Waals surface area contributed by atoms with Gasteiger partial charge < -0.3 is 5.32 Å². The number of sulfonamides is 1. The van der Waals surface area contributed by atoms with Gasteiger partial charge in [0.2, 0.25) is 15.9 Å². The molecule has 0 atom stereocenters. The molecule has 0 fully saturated rings. The SMILES string of the molecule is CCNC(=O)CN(c1ccc(C)cc1C)S(C)(=O)=O. The molecule has 0 aliphatic rings. The number of hydrogen-bond donors (Lipinski definition) is 1. The summed E-state index contributed by atoms with van der Waals surface area (Å²) in [6.45, 7) is 5.84. The van der Waals surface area contributed by atoms with Crippen molar-refractivity contribution in [1.82, 2.24) is 5.32 Å². The number of aryl methyl sites for hydroxylation is 2. The van der Waals surface area contributed by atoms with Crippen LogP contribution in [0.1, 0.15) is 18.1 Å². The first-order valence-electron chi connectivity index (χ1n) is 6.07. The summed E-state index contributed by atoms with van der Waals surface area (Å²) in [6, 6.07) is 5.45. The topological polar surface area (TPSA) is 66.5 Å². The van der Waals surface area contributed by atoms with Crippen LogP contribution in [0.25, 0.3) is 0 Å². The molecule has 1 aromatic carbocycles. The molecular formula is C13H20N2O3S. The van der Waals surface area contributed by atoms with Crippen LogP contribution in [-0.4, -0.2) is 33.7 Å². The van der Waals surface area contributed by atoms with Crippen LogP contribution in [0.4, 0.5) is 5.69 Å². The first-order chi connectivity index (χ1) is 8.75. The average Bonchev–Trinajstić information content (AvgIpc) is 2.25. The predicted octanol–water partition coefficient (Wildman–Crippen LogP) is 1.21. The van der Waals surface area contributed by atoms with Crippen molar-refractivity contribution in [1.29, 1.82) is 0 Å². The van der Waals surface area contributed by atoms with Crippen molar-refractivity contribution in [3.63, 3.8) is 0 Å². The van der Waals surface area contributed by atoms with Crippen LogP contribution in [0.15, 0.2) is 18.2 Å². The number of carbonyl (C=O) groups is 1. The van der Waals surface area contributed by atoms with Gasteiger partial charge in [0.25, 0.3) is 0 Å². The normalized spacial score (nSPS) is 11.2. The number of benzene rings is 1.